The van der Waals surface area contributed by atoms with Gasteiger partial charge in [0.25, 0.3) is 5.91 Å². The third-order valence-corrected chi connectivity index (χ3v) is 8.33. The van der Waals surface area contributed by atoms with Crippen LogP contribution in [-0.2, 0) is 0 Å². The van der Waals surface area contributed by atoms with Crippen molar-refractivity contribution < 1.29 is 14.3 Å². The Balaban J connectivity index is 1.46. The molecule has 192 valence electrons. The van der Waals surface area contributed by atoms with Crippen molar-refractivity contribution in [2.45, 2.75) is 76.5 Å². The minimum atomic E-state index is -0.419. The van der Waals surface area contributed by atoms with Crippen LogP contribution in [0.3, 0.4) is 0 Å². The average molecular weight is 493 g/mol. The van der Waals surface area contributed by atoms with Gasteiger partial charge in [0, 0.05) is 50.0 Å². The molecule has 36 heavy (non-hydrogen) atoms. The summed E-state index contributed by atoms with van der Waals surface area (Å²) in [7, 11) is 1.75. The van der Waals surface area contributed by atoms with Crippen molar-refractivity contribution >= 4 is 16.8 Å². The van der Waals surface area contributed by atoms with Gasteiger partial charge in [0.1, 0.15) is 5.82 Å². The van der Waals surface area contributed by atoms with Gasteiger partial charge in [-0.25, -0.2) is 4.39 Å². The number of piperidine rings is 1. The van der Waals surface area contributed by atoms with E-state index in [1.54, 1.807) is 18.0 Å². The summed E-state index contributed by atoms with van der Waals surface area (Å²) in [5.74, 6) is -0.183. The number of halogens is 1. The molecule has 3 aromatic rings. The standard InChI is InChI=1S/C29H37FN4O2/c1-19(2)32(3)29(36)25-16-21(30)6-9-27(25)34-18-26(24-10-13-31-17-28(24)34)20-4-7-22(8-5-20)33-14-11-23(35)12-15-33/h6,9-10,13,16-20,22-23,35H,4-5,7-8,11-12,14-15H2,1-3H3/t20-,22+. The lowest BCUT2D eigenvalue weighted by Crippen LogP contribution is -2.44. The predicted molar refractivity (Wildman–Crippen MR) is 140 cm³/mol. The lowest BCUT2D eigenvalue weighted by molar-refractivity contribution is 0.0487. The molecular weight excluding hydrogens is 455 g/mol. The van der Waals surface area contributed by atoms with Gasteiger partial charge in [-0.2, -0.15) is 0 Å². The molecule has 0 spiro atoms. The summed E-state index contributed by atoms with van der Waals surface area (Å²) in [6.45, 7) is 5.89. The van der Waals surface area contributed by atoms with E-state index in [4.69, 9.17) is 0 Å². The number of nitrogens with zero attached hydrogens (tertiary/aromatic N) is 4. The van der Waals surface area contributed by atoms with Gasteiger partial charge in [-0.1, -0.05) is 0 Å². The second-order valence-electron chi connectivity index (χ2n) is 10.8. The summed E-state index contributed by atoms with van der Waals surface area (Å²) in [5.41, 5.74) is 3.25. The first-order valence-corrected chi connectivity index (χ1v) is 13.3. The number of aromatic nitrogens is 2. The molecule has 1 saturated heterocycles. The Bertz CT molecular complexity index is 1220. The van der Waals surface area contributed by atoms with Crippen LogP contribution in [0, 0.1) is 5.82 Å². The van der Waals surface area contributed by atoms with Gasteiger partial charge >= 0.3 is 0 Å². The quantitative estimate of drug-likeness (QED) is 0.537. The van der Waals surface area contributed by atoms with Crippen LogP contribution in [0.2, 0.25) is 0 Å². The van der Waals surface area contributed by atoms with E-state index < -0.39 is 5.82 Å². The van der Waals surface area contributed by atoms with Crippen molar-refractivity contribution in [3.8, 4) is 5.69 Å². The molecule has 0 bridgehead atoms. The van der Waals surface area contributed by atoms with Crippen LogP contribution in [0.25, 0.3) is 16.6 Å². The van der Waals surface area contributed by atoms with Crippen molar-refractivity contribution in [3.63, 3.8) is 0 Å². The fraction of sp³-hybridized carbons (Fsp3) is 0.517. The molecule has 1 saturated carbocycles. The second kappa shape index (κ2) is 10.3. The number of hydrogen-bond acceptors (Lipinski definition) is 4. The van der Waals surface area contributed by atoms with Crippen molar-refractivity contribution in [1.29, 1.82) is 0 Å². The topological polar surface area (TPSA) is 61.6 Å². The molecule has 0 radical (unpaired) electrons. The van der Waals surface area contributed by atoms with Crippen LogP contribution >= 0.6 is 0 Å². The number of benzene rings is 1. The first-order valence-electron chi connectivity index (χ1n) is 13.3. The Morgan fingerprint density at radius 3 is 2.53 bits per heavy atom. The zero-order valence-corrected chi connectivity index (χ0v) is 21.5. The number of pyridine rings is 1. The number of fused-ring (bicyclic) bond motifs is 1. The largest absolute Gasteiger partial charge is 0.393 e. The molecule has 1 aliphatic carbocycles. The number of carbonyl (C=O) groups is 1. The molecule has 7 heteroatoms. The lowest BCUT2D eigenvalue weighted by Gasteiger charge is -2.40. The highest BCUT2D eigenvalue weighted by Crippen LogP contribution is 2.40. The van der Waals surface area contributed by atoms with Crippen LogP contribution < -0.4 is 0 Å². The van der Waals surface area contributed by atoms with Crippen LogP contribution in [0.5, 0.6) is 0 Å². The Morgan fingerprint density at radius 1 is 1.11 bits per heavy atom. The number of rotatable bonds is 5. The third-order valence-electron chi connectivity index (χ3n) is 8.33. The number of hydrogen-bond donors (Lipinski definition) is 1. The summed E-state index contributed by atoms with van der Waals surface area (Å²) < 4.78 is 16.3. The Kier molecular flexibility index (Phi) is 7.13. The summed E-state index contributed by atoms with van der Waals surface area (Å²) in [6, 6.07) is 7.13. The Labute approximate surface area is 212 Å². The van der Waals surface area contributed by atoms with Crippen molar-refractivity contribution in [2.24, 2.45) is 0 Å². The van der Waals surface area contributed by atoms with E-state index in [9.17, 15) is 14.3 Å². The molecule has 1 amide bonds. The number of aliphatic hydroxyl groups excluding tert-OH is 1. The van der Waals surface area contributed by atoms with Crippen LogP contribution in [0.15, 0.2) is 42.9 Å². The SMILES string of the molecule is CC(C)N(C)C(=O)c1cc(F)ccc1-n1cc([C@H]2CC[C@@H](N3CCC(O)CC3)CC2)c2ccncc21. The molecule has 2 aliphatic rings. The second-order valence-corrected chi connectivity index (χ2v) is 10.8. The molecule has 1 aliphatic heterocycles. The minimum Gasteiger partial charge on any atom is -0.393 e. The minimum absolute atomic E-state index is 0.00519. The summed E-state index contributed by atoms with van der Waals surface area (Å²) in [4.78, 5) is 21.9. The monoisotopic (exact) mass is 492 g/mol. The molecule has 2 aromatic heterocycles. The van der Waals surface area contributed by atoms with E-state index in [-0.39, 0.29) is 18.1 Å². The normalized spacial score (nSPS) is 21.8. The summed E-state index contributed by atoms with van der Waals surface area (Å²) in [5, 5.41) is 11.0. The molecular formula is C29H37FN4O2. The average Bonchev–Trinajstić information content (AvgIpc) is 3.28. The molecule has 2 fully saturated rings. The van der Waals surface area contributed by atoms with E-state index in [0.717, 1.165) is 62.5 Å². The summed E-state index contributed by atoms with van der Waals surface area (Å²) >= 11 is 0. The first-order chi connectivity index (χ1) is 17.3. The highest BCUT2D eigenvalue weighted by atomic mass is 19.1. The molecule has 3 heterocycles. The molecule has 0 atom stereocenters. The Morgan fingerprint density at radius 2 is 1.83 bits per heavy atom. The van der Waals surface area contributed by atoms with Crippen molar-refractivity contribution in [2.75, 3.05) is 20.1 Å². The zero-order valence-electron chi connectivity index (χ0n) is 21.5. The fourth-order valence-electron chi connectivity index (χ4n) is 5.94. The highest BCUT2D eigenvalue weighted by molar-refractivity contribution is 5.99. The number of aliphatic hydroxyl groups is 1. The zero-order chi connectivity index (χ0) is 25.4. The molecule has 1 N–H and O–H groups in total. The Hall–Kier alpha value is -2.77. The van der Waals surface area contributed by atoms with Crippen molar-refractivity contribution in [1.82, 2.24) is 19.4 Å². The summed E-state index contributed by atoms with van der Waals surface area (Å²) in [6.07, 6.45) is 11.9. The van der Waals surface area contributed by atoms with E-state index in [1.165, 1.54) is 17.7 Å². The number of likely N-dealkylation sites (tertiary alicyclic amines) is 1. The smallest absolute Gasteiger partial charge is 0.256 e. The van der Waals surface area contributed by atoms with E-state index in [1.807, 2.05) is 30.8 Å². The van der Waals surface area contributed by atoms with Gasteiger partial charge in [0.15, 0.2) is 0 Å². The van der Waals surface area contributed by atoms with Crippen LogP contribution in [0.4, 0.5) is 4.39 Å². The van der Waals surface area contributed by atoms with Crippen molar-refractivity contribution in [3.05, 3.63) is 59.8 Å². The predicted octanol–water partition coefficient (Wildman–Crippen LogP) is 5.13. The maximum absolute atomic E-state index is 14.3. The maximum Gasteiger partial charge on any atom is 0.256 e. The van der Waals surface area contributed by atoms with Gasteiger partial charge in [-0.05, 0) is 88.1 Å². The first kappa shape index (κ1) is 24.9. The van der Waals surface area contributed by atoms with Gasteiger partial charge in [0.05, 0.1) is 29.1 Å². The van der Waals surface area contributed by atoms with Gasteiger partial charge in [-0.3, -0.25) is 9.78 Å². The molecule has 6 nitrogen and oxygen atoms in total. The van der Waals surface area contributed by atoms with E-state index in [0.29, 0.717) is 23.2 Å². The molecule has 1 aromatic carbocycles. The highest BCUT2D eigenvalue weighted by Gasteiger charge is 2.31. The molecule has 0 unspecified atom stereocenters. The van der Waals surface area contributed by atoms with Crippen LogP contribution in [-0.4, -0.2) is 68.7 Å². The van der Waals surface area contributed by atoms with E-state index in [2.05, 4.69) is 22.1 Å². The van der Waals surface area contributed by atoms with Gasteiger partial charge in [-0.15, -0.1) is 0 Å². The van der Waals surface area contributed by atoms with Crippen LogP contribution in [0.1, 0.15) is 74.2 Å². The van der Waals surface area contributed by atoms with E-state index >= 15 is 0 Å². The third kappa shape index (κ3) is 4.78. The maximum atomic E-state index is 14.3. The number of carbonyl (C=O) groups excluding carboxylic acids is 1. The van der Waals surface area contributed by atoms with Gasteiger partial charge < -0.3 is 19.5 Å². The lowest BCUT2D eigenvalue weighted by atomic mass is 9.81. The van der Waals surface area contributed by atoms with Gasteiger partial charge in [0.2, 0.25) is 0 Å². The molecule has 5 rings (SSSR count). The number of amides is 1. The fourth-order valence-corrected chi connectivity index (χ4v) is 5.94.